The van der Waals surface area contributed by atoms with Crippen LogP contribution in [0.1, 0.15) is 16.1 Å². The maximum atomic E-state index is 12.4. The van der Waals surface area contributed by atoms with Gasteiger partial charge in [0.2, 0.25) is 0 Å². The molecule has 4 aromatic rings. The van der Waals surface area contributed by atoms with Crippen molar-refractivity contribution in [3.63, 3.8) is 0 Å². The summed E-state index contributed by atoms with van der Waals surface area (Å²) in [5.41, 5.74) is 2.79. The molecule has 27 heavy (non-hydrogen) atoms. The lowest BCUT2D eigenvalue weighted by Crippen LogP contribution is -2.24. The van der Waals surface area contributed by atoms with Crippen LogP contribution in [0.15, 0.2) is 70.3 Å². The third-order valence-electron chi connectivity index (χ3n) is 4.22. The van der Waals surface area contributed by atoms with Crippen molar-refractivity contribution in [1.29, 1.82) is 0 Å². The molecule has 0 spiro atoms. The molecule has 0 radical (unpaired) electrons. The van der Waals surface area contributed by atoms with Crippen LogP contribution in [0.3, 0.4) is 0 Å². The van der Waals surface area contributed by atoms with Gasteiger partial charge in [-0.05, 0) is 29.8 Å². The average molecular weight is 360 g/mol. The molecule has 134 valence electrons. The van der Waals surface area contributed by atoms with Crippen molar-refractivity contribution in [3.05, 3.63) is 82.6 Å². The number of amides is 1. The number of aromatic nitrogens is 3. The third-order valence-corrected chi connectivity index (χ3v) is 4.22. The number of carbonyl (C=O) groups excluding carboxylic acids is 1. The lowest BCUT2D eigenvalue weighted by Gasteiger charge is -2.07. The Morgan fingerprint density at radius 3 is 2.85 bits per heavy atom. The number of hydrogen-bond acceptors (Lipinski definition) is 5. The number of hydrogen-bond donors (Lipinski definition) is 1. The van der Waals surface area contributed by atoms with E-state index in [1.54, 1.807) is 47.5 Å². The van der Waals surface area contributed by atoms with E-state index in [9.17, 15) is 9.59 Å². The van der Waals surface area contributed by atoms with E-state index in [1.807, 2.05) is 19.2 Å². The zero-order valence-corrected chi connectivity index (χ0v) is 14.5. The van der Waals surface area contributed by atoms with E-state index in [0.29, 0.717) is 11.0 Å². The Morgan fingerprint density at radius 1 is 1.19 bits per heavy atom. The summed E-state index contributed by atoms with van der Waals surface area (Å²) in [6, 6.07) is 11.9. The second-order valence-corrected chi connectivity index (χ2v) is 6.08. The minimum Gasteiger partial charge on any atom is -0.451 e. The Kier molecular flexibility index (Phi) is 4.25. The molecule has 0 bridgehead atoms. The van der Waals surface area contributed by atoms with Gasteiger partial charge in [0.25, 0.3) is 5.91 Å². The fraction of sp³-hybridized carbons (Fsp3) is 0.100. The molecule has 3 heterocycles. The second-order valence-electron chi connectivity index (χ2n) is 6.08. The van der Waals surface area contributed by atoms with E-state index < -0.39 is 5.91 Å². The summed E-state index contributed by atoms with van der Waals surface area (Å²) in [5, 5.41) is 7.35. The van der Waals surface area contributed by atoms with Gasteiger partial charge in [0.15, 0.2) is 11.2 Å². The fourth-order valence-corrected chi connectivity index (χ4v) is 2.87. The van der Waals surface area contributed by atoms with Crippen molar-refractivity contribution in [2.45, 2.75) is 6.54 Å². The number of pyridine rings is 1. The fourth-order valence-electron chi connectivity index (χ4n) is 2.87. The van der Waals surface area contributed by atoms with Gasteiger partial charge in [-0.25, -0.2) is 0 Å². The number of benzene rings is 1. The van der Waals surface area contributed by atoms with Gasteiger partial charge in [0.1, 0.15) is 5.58 Å². The van der Waals surface area contributed by atoms with E-state index in [0.717, 1.165) is 16.8 Å². The Morgan fingerprint density at radius 2 is 2.04 bits per heavy atom. The first kappa shape index (κ1) is 16.7. The van der Waals surface area contributed by atoms with E-state index in [2.05, 4.69) is 15.4 Å². The SMILES string of the molecule is Cn1nccc1-c1cncc(CNC(=O)c2cc(=O)c3ccccc3o2)c1. The van der Waals surface area contributed by atoms with E-state index in [-0.39, 0.29) is 17.7 Å². The number of nitrogens with zero attached hydrogens (tertiary/aromatic N) is 3. The maximum Gasteiger partial charge on any atom is 0.287 e. The Labute approximate surface area is 154 Å². The molecule has 7 heteroatoms. The molecule has 7 nitrogen and oxygen atoms in total. The van der Waals surface area contributed by atoms with Crippen molar-refractivity contribution in [2.75, 3.05) is 0 Å². The van der Waals surface area contributed by atoms with Crippen molar-refractivity contribution >= 4 is 16.9 Å². The minimum atomic E-state index is -0.455. The van der Waals surface area contributed by atoms with Crippen LogP contribution in [0.5, 0.6) is 0 Å². The molecule has 1 N–H and O–H groups in total. The number of nitrogens with one attached hydrogen (secondary N) is 1. The van der Waals surface area contributed by atoms with Gasteiger partial charge in [0, 0.05) is 43.8 Å². The Balaban J connectivity index is 1.53. The van der Waals surface area contributed by atoms with Gasteiger partial charge in [-0.15, -0.1) is 0 Å². The monoisotopic (exact) mass is 360 g/mol. The van der Waals surface area contributed by atoms with Crippen molar-refractivity contribution < 1.29 is 9.21 Å². The topological polar surface area (TPSA) is 90.0 Å². The zero-order chi connectivity index (χ0) is 18.8. The number of fused-ring (bicyclic) bond motifs is 1. The molecule has 1 amide bonds. The van der Waals surface area contributed by atoms with Crippen molar-refractivity contribution in [3.8, 4) is 11.3 Å². The normalized spacial score (nSPS) is 10.9. The number of carbonyl (C=O) groups is 1. The van der Waals surface area contributed by atoms with Crippen LogP contribution in [-0.2, 0) is 13.6 Å². The molecule has 0 saturated carbocycles. The Bertz CT molecular complexity index is 1190. The molecule has 0 aliphatic heterocycles. The highest BCUT2D eigenvalue weighted by Gasteiger charge is 2.12. The molecular formula is C20H16N4O3. The highest BCUT2D eigenvalue weighted by molar-refractivity contribution is 5.93. The molecule has 4 rings (SSSR count). The summed E-state index contributed by atoms with van der Waals surface area (Å²) in [7, 11) is 1.85. The average Bonchev–Trinajstić information content (AvgIpc) is 3.12. The van der Waals surface area contributed by atoms with Crippen LogP contribution in [0.25, 0.3) is 22.2 Å². The van der Waals surface area contributed by atoms with Gasteiger partial charge >= 0.3 is 0 Å². The van der Waals surface area contributed by atoms with Crippen LogP contribution in [0.2, 0.25) is 0 Å². The third kappa shape index (κ3) is 3.35. The predicted molar refractivity (Wildman–Crippen MR) is 100 cm³/mol. The lowest BCUT2D eigenvalue weighted by molar-refractivity contribution is 0.0923. The van der Waals surface area contributed by atoms with Gasteiger partial charge in [0.05, 0.1) is 11.1 Å². The molecule has 0 aliphatic carbocycles. The first-order valence-corrected chi connectivity index (χ1v) is 8.35. The van der Waals surface area contributed by atoms with E-state index >= 15 is 0 Å². The minimum absolute atomic E-state index is 0.0190. The van der Waals surface area contributed by atoms with Gasteiger partial charge in [-0.1, -0.05) is 12.1 Å². The second kappa shape index (κ2) is 6.87. The van der Waals surface area contributed by atoms with E-state index in [1.165, 1.54) is 6.07 Å². The molecule has 0 fully saturated rings. The van der Waals surface area contributed by atoms with Crippen LogP contribution in [-0.4, -0.2) is 20.7 Å². The zero-order valence-electron chi connectivity index (χ0n) is 14.5. The molecule has 3 aromatic heterocycles. The smallest absolute Gasteiger partial charge is 0.287 e. The largest absolute Gasteiger partial charge is 0.451 e. The molecular weight excluding hydrogens is 344 g/mol. The van der Waals surface area contributed by atoms with Crippen molar-refractivity contribution in [1.82, 2.24) is 20.1 Å². The number of para-hydroxylation sites is 1. The highest BCUT2D eigenvalue weighted by Crippen LogP contribution is 2.18. The lowest BCUT2D eigenvalue weighted by atomic mass is 10.1. The highest BCUT2D eigenvalue weighted by atomic mass is 16.3. The van der Waals surface area contributed by atoms with Crippen LogP contribution >= 0.6 is 0 Å². The van der Waals surface area contributed by atoms with Crippen molar-refractivity contribution in [2.24, 2.45) is 7.05 Å². The predicted octanol–water partition coefficient (Wildman–Crippen LogP) is 2.52. The molecule has 0 atom stereocenters. The van der Waals surface area contributed by atoms with Gasteiger partial charge in [-0.2, -0.15) is 5.10 Å². The summed E-state index contributed by atoms with van der Waals surface area (Å²) >= 11 is 0. The summed E-state index contributed by atoms with van der Waals surface area (Å²) in [5.74, 6) is -0.474. The van der Waals surface area contributed by atoms with Crippen LogP contribution < -0.4 is 10.7 Å². The molecule has 1 aromatic carbocycles. The summed E-state index contributed by atoms with van der Waals surface area (Å²) in [4.78, 5) is 28.8. The molecule has 0 saturated heterocycles. The first-order valence-electron chi connectivity index (χ1n) is 8.35. The van der Waals surface area contributed by atoms with Crippen LogP contribution in [0.4, 0.5) is 0 Å². The standard InChI is InChI=1S/C20H16N4O3/c1-24-16(6-7-23-24)14-8-13(10-21-12-14)11-22-20(26)19-9-17(25)15-4-2-3-5-18(15)27-19/h2-10,12H,11H2,1H3,(H,22,26). The van der Waals surface area contributed by atoms with Gasteiger partial charge < -0.3 is 9.73 Å². The molecule has 0 aliphatic rings. The number of aryl methyl sites for hydroxylation is 1. The Hall–Kier alpha value is -3.74. The van der Waals surface area contributed by atoms with E-state index in [4.69, 9.17) is 4.42 Å². The quantitative estimate of drug-likeness (QED) is 0.604. The first-order chi connectivity index (χ1) is 13.1. The number of rotatable bonds is 4. The summed E-state index contributed by atoms with van der Waals surface area (Å²) < 4.78 is 7.31. The van der Waals surface area contributed by atoms with Gasteiger partial charge in [-0.3, -0.25) is 19.3 Å². The summed E-state index contributed by atoms with van der Waals surface area (Å²) in [6.45, 7) is 0.258. The summed E-state index contributed by atoms with van der Waals surface area (Å²) in [6.07, 6.45) is 5.13. The molecule has 0 unspecified atom stereocenters. The maximum absolute atomic E-state index is 12.4. The van der Waals surface area contributed by atoms with Crippen LogP contribution in [0, 0.1) is 0 Å².